The second kappa shape index (κ2) is 5.47. The quantitative estimate of drug-likeness (QED) is 0.879. The summed E-state index contributed by atoms with van der Waals surface area (Å²) in [6.45, 7) is 3.28. The van der Waals surface area contributed by atoms with Crippen molar-refractivity contribution in [1.82, 2.24) is 4.31 Å². The Kier molecular flexibility index (Phi) is 3.81. The Morgan fingerprint density at radius 3 is 2.67 bits per heavy atom. The molecule has 1 aromatic rings. The van der Waals surface area contributed by atoms with Crippen molar-refractivity contribution < 1.29 is 17.9 Å². The van der Waals surface area contributed by atoms with E-state index < -0.39 is 10.0 Å². The van der Waals surface area contributed by atoms with Crippen LogP contribution in [0.1, 0.15) is 19.8 Å². The molecule has 0 aromatic heterocycles. The van der Waals surface area contributed by atoms with E-state index in [1.807, 2.05) is 6.92 Å². The molecule has 1 aromatic carbocycles. The van der Waals surface area contributed by atoms with Gasteiger partial charge in [-0.05, 0) is 31.9 Å². The lowest BCUT2D eigenvalue weighted by Crippen LogP contribution is -2.48. The van der Waals surface area contributed by atoms with Crippen molar-refractivity contribution in [2.45, 2.75) is 36.7 Å². The first kappa shape index (κ1) is 14.6. The minimum Gasteiger partial charge on any atom is -0.486 e. The third kappa shape index (κ3) is 2.73. The number of hydrogen-bond donors (Lipinski definition) is 1. The van der Waals surface area contributed by atoms with Crippen LogP contribution in [0.5, 0.6) is 11.5 Å². The second-order valence-corrected chi connectivity index (χ2v) is 7.45. The summed E-state index contributed by atoms with van der Waals surface area (Å²) in [5.41, 5.74) is 5.90. The Morgan fingerprint density at radius 1 is 1.24 bits per heavy atom. The summed E-state index contributed by atoms with van der Waals surface area (Å²) in [6, 6.07) is 4.76. The summed E-state index contributed by atoms with van der Waals surface area (Å²) >= 11 is 0. The van der Waals surface area contributed by atoms with Gasteiger partial charge in [0.15, 0.2) is 11.5 Å². The van der Waals surface area contributed by atoms with Gasteiger partial charge in [-0.2, -0.15) is 4.31 Å². The van der Waals surface area contributed by atoms with Crippen LogP contribution < -0.4 is 15.2 Å². The average Bonchev–Trinajstić information content (AvgIpc) is 2.46. The summed E-state index contributed by atoms with van der Waals surface area (Å²) < 4.78 is 38.0. The lowest BCUT2D eigenvalue weighted by atomic mass is 10.0. The van der Waals surface area contributed by atoms with Gasteiger partial charge in [-0.3, -0.25) is 0 Å². The second-order valence-electron chi connectivity index (χ2n) is 5.55. The molecule has 116 valence electrons. The Hall–Kier alpha value is -1.31. The Labute approximate surface area is 124 Å². The molecule has 21 heavy (non-hydrogen) atoms. The first-order chi connectivity index (χ1) is 9.98. The third-order valence-corrected chi connectivity index (χ3v) is 5.99. The highest BCUT2D eigenvalue weighted by Crippen LogP contribution is 2.34. The SMILES string of the molecule is CC1CC(N)CCN1S(=O)(=O)c1ccc2c(c1)OCCO2. The van der Waals surface area contributed by atoms with Crippen molar-refractivity contribution in [3.05, 3.63) is 18.2 Å². The predicted molar refractivity (Wildman–Crippen MR) is 78.0 cm³/mol. The maximum Gasteiger partial charge on any atom is 0.243 e. The number of fused-ring (bicyclic) bond motifs is 1. The van der Waals surface area contributed by atoms with Crippen LogP contribution in [0.25, 0.3) is 0 Å². The molecule has 0 bridgehead atoms. The van der Waals surface area contributed by atoms with Crippen molar-refractivity contribution in [1.29, 1.82) is 0 Å². The van der Waals surface area contributed by atoms with Gasteiger partial charge >= 0.3 is 0 Å². The summed E-state index contributed by atoms with van der Waals surface area (Å²) in [4.78, 5) is 0.245. The lowest BCUT2D eigenvalue weighted by molar-refractivity contribution is 0.171. The van der Waals surface area contributed by atoms with Crippen LogP contribution in [-0.2, 0) is 10.0 Å². The van der Waals surface area contributed by atoms with E-state index in [1.165, 1.54) is 4.31 Å². The van der Waals surface area contributed by atoms with E-state index in [4.69, 9.17) is 15.2 Å². The number of benzene rings is 1. The zero-order valence-electron chi connectivity index (χ0n) is 12.0. The molecule has 0 aliphatic carbocycles. The molecule has 2 aliphatic heterocycles. The van der Waals surface area contributed by atoms with E-state index in [0.717, 1.165) is 0 Å². The average molecular weight is 312 g/mol. The van der Waals surface area contributed by atoms with Crippen LogP contribution in [0.15, 0.2) is 23.1 Å². The molecular formula is C14H20N2O4S. The fourth-order valence-corrected chi connectivity index (χ4v) is 4.54. The van der Waals surface area contributed by atoms with Gasteiger partial charge in [-0.15, -0.1) is 0 Å². The van der Waals surface area contributed by atoms with Crippen molar-refractivity contribution in [2.75, 3.05) is 19.8 Å². The molecule has 7 heteroatoms. The van der Waals surface area contributed by atoms with Crippen LogP contribution in [0.4, 0.5) is 0 Å². The maximum absolute atomic E-state index is 12.8. The summed E-state index contributed by atoms with van der Waals surface area (Å²) in [7, 11) is -3.53. The predicted octanol–water partition coefficient (Wildman–Crippen LogP) is 0.958. The lowest BCUT2D eigenvalue weighted by Gasteiger charge is -2.35. The molecule has 1 fully saturated rings. The van der Waals surface area contributed by atoms with Crippen LogP contribution in [0.2, 0.25) is 0 Å². The zero-order valence-corrected chi connectivity index (χ0v) is 12.8. The van der Waals surface area contributed by atoms with Gasteiger partial charge in [-0.1, -0.05) is 0 Å². The molecule has 0 spiro atoms. The number of piperidine rings is 1. The Balaban J connectivity index is 1.91. The first-order valence-corrected chi connectivity index (χ1v) is 8.59. The number of nitrogens with two attached hydrogens (primary N) is 1. The molecule has 0 radical (unpaired) electrons. The fraction of sp³-hybridized carbons (Fsp3) is 0.571. The molecule has 1 saturated heterocycles. The smallest absolute Gasteiger partial charge is 0.243 e. The monoisotopic (exact) mass is 312 g/mol. The molecule has 0 amide bonds. The van der Waals surface area contributed by atoms with Crippen LogP contribution >= 0.6 is 0 Å². The molecule has 6 nitrogen and oxygen atoms in total. The van der Waals surface area contributed by atoms with E-state index in [1.54, 1.807) is 18.2 Å². The van der Waals surface area contributed by atoms with E-state index in [2.05, 4.69) is 0 Å². The van der Waals surface area contributed by atoms with Gasteiger partial charge in [0.05, 0.1) is 4.90 Å². The van der Waals surface area contributed by atoms with Crippen LogP contribution in [0, 0.1) is 0 Å². The molecule has 2 atom stereocenters. The summed E-state index contributed by atoms with van der Waals surface area (Å²) in [5.74, 6) is 1.08. The largest absolute Gasteiger partial charge is 0.486 e. The Bertz CT molecular complexity index is 632. The molecule has 2 aliphatic rings. The molecule has 2 N–H and O–H groups in total. The molecular weight excluding hydrogens is 292 g/mol. The van der Waals surface area contributed by atoms with E-state index in [0.29, 0.717) is 44.1 Å². The van der Waals surface area contributed by atoms with Gasteiger partial charge in [0.25, 0.3) is 0 Å². The van der Waals surface area contributed by atoms with Crippen molar-refractivity contribution in [3.8, 4) is 11.5 Å². The van der Waals surface area contributed by atoms with Crippen molar-refractivity contribution >= 4 is 10.0 Å². The van der Waals surface area contributed by atoms with E-state index >= 15 is 0 Å². The number of nitrogens with zero attached hydrogens (tertiary/aromatic N) is 1. The number of sulfonamides is 1. The molecule has 2 heterocycles. The first-order valence-electron chi connectivity index (χ1n) is 7.15. The topological polar surface area (TPSA) is 81.9 Å². The van der Waals surface area contributed by atoms with Gasteiger partial charge in [0.1, 0.15) is 13.2 Å². The Morgan fingerprint density at radius 2 is 1.95 bits per heavy atom. The highest BCUT2D eigenvalue weighted by Gasteiger charge is 2.34. The molecule has 2 unspecified atom stereocenters. The number of hydrogen-bond acceptors (Lipinski definition) is 5. The number of ether oxygens (including phenoxy) is 2. The maximum atomic E-state index is 12.8. The molecule has 3 rings (SSSR count). The number of rotatable bonds is 2. The standard InChI is InChI=1S/C14H20N2O4S/c1-10-8-11(15)4-5-16(10)21(17,18)12-2-3-13-14(9-12)20-7-6-19-13/h2-3,9-11H,4-8,15H2,1H3. The van der Waals surface area contributed by atoms with Crippen molar-refractivity contribution in [2.24, 2.45) is 5.73 Å². The van der Waals surface area contributed by atoms with Gasteiger partial charge in [0, 0.05) is 24.7 Å². The highest BCUT2D eigenvalue weighted by atomic mass is 32.2. The minimum atomic E-state index is -3.53. The third-order valence-electron chi connectivity index (χ3n) is 3.98. The van der Waals surface area contributed by atoms with Crippen LogP contribution in [-0.4, -0.2) is 44.6 Å². The highest BCUT2D eigenvalue weighted by molar-refractivity contribution is 7.89. The summed E-state index contributed by atoms with van der Waals surface area (Å²) in [5, 5.41) is 0. The fourth-order valence-electron chi connectivity index (χ4n) is 2.86. The normalized spacial score (nSPS) is 26.6. The van der Waals surface area contributed by atoms with Gasteiger partial charge in [-0.25, -0.2) is 8.42 Å². The van der Waals surface area contributed by atoms with E-state index in [9.17, 15) is 8.42 Å². The van der Waals surface area contributed by atoms with Crippen molar-refractivity contribution in [3.63, 3.8) is 0 Å². The molecule has 0 saturated carbocycles. The minimum absolute atomic E-state index is 0.0757. The van der Waals surface area contributed by atoms with Crippen LogP contribution in [0.3, 0.4) is 0 Å². The van der Waals surface area contributed by atoms with Gasteiger partial charge < -0.3 is 15.2 Å². The summed E-state index contributed by atoms with van der Waals surface area (Å²) in [6.07, 6.45) is 1.37. The zero-order chi connectivity index (χ0) is 15.0. The van der Waals surface area contributed by atoms with Gasteiger partial charge in [0.2, 0.25) is 10.0 Å². The van der Waals surface area contributed by atoms with E-state index in [-0.39, 0.29) is 17.0 Å².